The summed E-state index contributed by atoms with van der Waals surface area (Å²) < 4.78 is 0. The highest BCUT2D eigenvalue weighted by molar-refractivity contribution is 5.56. The number of aromatic nitrogens is 2. The summed E-state index contributed by atoms with van der Waals surface area (Å²) in [6.45, 7) is 5.11. The van der Waals surface area contributed by atoms with Crippen molar-refractivity contribution in [3.8, 4) is 0 Å². The zero-order valence-electron chi connectivity index (χ0n) is 12.2. The summed E-state index contributed by atoms with van der Waals surface area (Å²) in [7, 11) is 2.18. The van der Waals surface area contributed by atoms with E-state index >= 15 is 0 Å². The number of hydrogen-bond donors (Lipinski definition) is 2. The number of benzene rings is 1. The molecule has 1 aliphatic heterocycles. The number of aryl methyl sites for hydroxylation is 1. The molecule has 1 aliphatic rings. The van der Waals surface area contributed by atoms with E-state index in [2.05, 4.69) is 58.7 Å². The minimum atomic E-state index is 0.606. The van der Waals surface area contributed by atoms with Gasteiger partial charge in [0.15, 0.2) is 0 Å². The number of para-hydroxylation sites is 1. The van der Waals surface area contributed by atoms with Crippen LogP contribution in [0.1, 0.15) is 29.2 Å². The highest BCUT2D eigenvalue weighted by Gasteiger charge is 2.22. The number of nitrogens with zero attached hydrogens (tertiary/aromatic N) is 2. The van der Waals surface area contributed by atoms with Crippen LogP contribution in [0.5, 0.6) is 0 Å². The fraction of sp³-hybridized carbons (Fsp3) is 0.438. The molecule has 2 aromatic rings. The van der Waals surface area contributed by atoms with Gasteiger partial charge in [-0.05, 0) is 25.0 Å². The third kappa shape index (κ3) is 2.56. The van der Waals surface area contributed by atoms with E-state index in [1.54, 1.807) is 0 Å². The van der Waals surface area contributed by atoms with Crippen molar-refractivity contribution in [1.82, 2.24) is 15.5 Å². The zero-order valence-corrected chi connectivity index (χ0v) is 12.2. The Labute approximate surface area is 120 Å². The lowest BCUT2D eigenvalue weighted by atomic mass is 9.90. The molecule has 1 atom stereocenters. The molecule has 1 aromatic heterocycles. The van der Waals surface area contributed by atoms with Gasteiger partial charge in [-0.25, -0.2) is 0 Å². The van der Waals surface area contributed by atoms with Crippen molar-refractivity contribution in [2.75, 3.05) is 25.0 Å². The molecule has 1 aromatic carbocycles. The van der Waals surface area contributed by atoms with Crippen molar-refractivity contribution in [3.05, 3.63) is 47.3 Å². The molecule has 0 bridgehead atoms. The van der Waals surface area contributed by atoms with Crippen LogP contribution in [0.4, 0.5) is 5.69 Å². The molecule has 3 rings (SSSR count). The Morgan fingerprint density at radius 1 is 1.40 bits per heavy atom. The van der Waals surface area contributed by atoms with Gasteiger partial charge in [-0.15, -0.1) is 0 Å². The molecule has 2 heterocycles. The maximum atomic E-state index is 4.06. The van der Waals surface area contributed by atoms with E-state index in [1.165, 1.54) is 23.2 Å². The lowest BCUT2D eigenvalue weighted by molar-refractivity contribution is 0.533. The second kappa shape index (κ2) is 5.67. The predicted octanol–water partition coefficient (Wildman–Crippen LogP) is 2.43. The van der Waals surface area contributed by atoms with Gasteiger partial charge in [0.05, 0.1) is 6.20 Å². The highest BCUT2D eigenvalue weighted by Crippen LogP contribution is 2.33. The number of hydrogen-bond acceptors (Lipinski definition) is 3. The van der Waals surface area contributed by atoms with Crippen molar-refractivity contribution >= 4 is 5.69 Å². The Kier molecular flexibility index (Phi) is 3.74. The molecule has 4 heteroatoms. The Balaban J connectivity index is 1.64. The van der Waals surface area contributed by atoms with Crippen LogP contribution >= 0.6 is 0 Å². The normalized spacial score (nSPS) is 18.1. The predicted molar refractivity (Wildman–Crippen MR) is 82.1 cm³/mol. The molecule has 106 valence electrons. The molecule has 0 spiro atoms. The highest BCUT2D eigenvalue weighted by atomic mass is 15.1. The maximum absolute atomic E-state index is 4.06. The number of fused-ring (bicyclic) bond motifs is 1. The first-order valence-corrected chi connectivity index (χ1v) is 7.25. The zero-order chi connectivity index (χ0) is 13.9. The number of rotatable bonds is 4. The Hall–Kier alpha value is -1.81. The van der Waals surface area contributed by atoms with Crippen LogP contribution in [0.3, 0.4) is 0 Å². The van der Waals surface area contributed by atoms with E-state index in [9.17, 15) is 0 Å². The van der Waals surface area contributed by atoms with E-state index in [4.69, 9.17) is 0 Å². The van der Waals surface area contributed by atoms with Gasteiger partial charge in [0, 0.05) is 49.5 Å². The van der Waals surface area contributed by atoms with E-state index < -0.39 is 0 Å². The van der Waals surface area contributed by atoms with Gasteiger partial charge in [0.2, 0.25) is 0 Å². The molecule has 0 unspecified atom stereocenters. The molecule has 0 amide bonds. The lowest BCUT2D eigenvalue weighted by Crippen LogP contribution is -2.31. The monoisotopic (exact) mass is 270 g/mol. The van der Waals surface area contributed by atoms with Gasteiger partial charge in [-0.2, -0.15) is 5.10 Å². The van der Waals surface area contributed by atoms with Crippen molar-refractivity contribution < 1.29 is 0 Å². The van der Waals surface area contributed by atoms with Crippen molar-refractivity contribution in [2.45, 2.75) is 25.8 Å². The smallest absolute Gasteiger partial charge is 0.0535 e. The number of nitrogens with one attached hydrogen (secondary N) is 2. The molecule has 20 heavy (non-hydrogen) atoms. The molecule has 0 saturated carbocycles. The second-order valence-electron chi connectivity index (χ2n) is 5.62. The Morgan fingerprint density at radius 2 is 2.25 bits per heavy atom. The van der Waals surface area contributed by atoms with Crippen molar-refractivity contribution in [3.63, 3.8) is 0 Å². The van der Waals surface area contributed by atoms with Crippen LogP contribution in [0.15, 0.2) is 30.5 Å². The molecule has 0 fully saturated rings. The van der Waals surface area contributed by atoms with E-state index in [1.807, 2.05) is 6.20 Å². The molecule has 4 nitrogen and oxygen atoms in total. The van der Waals surface area contributed by atoms with Crippen molar-refractivity contribution in [2.24, 2.45) is 0 Å². The molecule has 0 saturated heterocycles. The maximum Gasteiger partial charge on any atom is 0.0535 e. The summed E-state index contributed by atoms with van der Waals surface area (Å²) in [5.41, 5.74) is 5.26. The second-order valence-corrected chi connectivity index (χ2v) is 5.62. The number of anilines is 1. The quantitative estimate of drug-likeness (QED) is 0.897. The topological polar surface area (TPSA) is 44.0 Å². The van der Waals surface area contributed by atoms with Crippen LogP contribution in [0.2, 0.25) is 0 Å². The molecule has 0 aliphatic carbocycles. The van der Waals surface area contributed by atoms with Crippen LogP contribution in [0, 0.1) is 6.92 Å². The average molecular weight is 270 g/mol. The Morgan fingerprint density at radius 3 is 3.05 bits per heavy atom. The van der Waals surface area contributed by atoms with E-state index in [0.29, 0.717) is 5.92 Å². The van der Waals surface area contributed by atoms with Crippen LogP contribution in [-0.4, -0.2) is 30.3 Å². The molecule has 2 N–H and O–H groups in total. The fourth-order valence-corrected chi connectivity index (χ4v) is 2.95. The number of aromatic amines is 1. The van der Waals surface area contributed by atoms with Crippen molar-refractivity contribution in [1.29, 1.82) is 0 Å². The standard InChI is InChI=1S/C16H22N4/c1-12-14(11-18-19-12)10-17-9-13-7-8-20(2)16-6-4-3-5-15(13)16/h3-6,11,13,17H,7-10H2,1-2H3,(H,18,19)/t13-/m1/s1. The third-order valence-electron chi connectivity index (χ3n) is 4.24. The average Bonchev–Trinajstić information content (AvgIpc) is 2.87. The lowest BCUT2D eigenvalue weighted by Gasteiger charge is -2.33. The fourth-order valence-electron chi connectivity index (χ4n) is 2.95. The van der Waals surface area contributed by atoms with Gasteiger partial charge < -0.3 is 10.2 Å². The van der Waals surface area contributed by atoms with E-state index in [0.717, 1.165) is 25.3 Å². The first kappa shape index (κ1) is 13.2. The summed E-state index contributed by atoms with van der Waals surface area (Å²) in [5, 5.41) is 10.6. The summed E-state index contributed by atoms with van der Waals surface area (Å²) in [4.78, 5) is 2.35. The van der Waals surface area contributed by atoms with Crippen LogP contribution < -0.4 is 10.2 Å². The minimum absolute atomic E-state index is 0.606. The molecule has 0 radical (unpaired) electrons. The number of H-pyrrole nitrogens is 1. The van der Waals surface area contributed by atoms with Crippen LogP contribution in [-0.2, 0) is 6.54 Å². The summed E-state index contributed by atoms with van der Waals surface area (Å²) in [5.74, 6) is 0.606. The summed E-state index contributed by atoms with van der Waals surface area (Å²) in [6, 6.07) is 8.76. The van der Waals surface area contributed by atoms with E-state index in [-0.39, 0.29) is 0 Å². The van der Waals surface area contributed by atoms with Gasteiger partial charge in [0.25, 0.3) is 0 Å². The molecular weight excluding hydrogens is 248 g/mol. The Bertz CT molecular complexity index is 575. The van der Waals surface area contributed by atoms with Crippen LogP contribution in [0.25, 0.3) is 0 Å². The van der Waals surface area contributed by atoms with Gasteiger partial charge >= 0.3 is 0 Å². The first-order valence-electron chi connectivity index (χ1n) is 7.25. The van der Waals surface area contributed by atoms with Gasteiger partial charge in [0.1, 0.15) is 0 Å². The SMILES string of the molecule is Cc1[nH]ncc1CNC[C@H]1CCN(C)c2ccccc21. The third-order valence-corrected chi connectivity index (χ3v) is 4.24. The molecular formula is C16H22N4. The summed E-state index contributed by atoms with van der Waals surface area (Å²) >= 11 is 0. The van der Waals surface area contributed by atoms with Gasteiger partial charge in [-0.1, -0.05) is 18.2 Å². The summed E-state index contributed by atoms with van der Waals surface area (Å²) in [6.07, 6.45) is 3.12. The first-order chi connectivity index (χ1) is 9.75. The van der Waals surface area contributed by atoms with Gasteiger partial charge in [-0.3, -0.25) is 5.10 Å². The largest absolute Gasteiger partial charge is 0.374 e. The minimum Gasteiger partial charge on any atom is -0.374 e.